The fourth-order valence-corrected chi connectivity index (χ4v) is 1.90. The number of hydrogen-bond acceptors (Lipinski definition) is 2. The molecule has 0 aliphatic rings. The van der Waals surface area contributed by atoms with Gasteiger partial charge in [0, 0.05) is 6.61 Å². The minimum atomic E-state index is -0.387. The molecule has 0 radical (unpaired) electrons. The maximum atomic E-state index is 13.4. The Bertz CT molecular complexity index is 346. The smallest absolute Gasteiger partial charge is 0.142 e. The molecule has 0 aromatic heterocycles. The topological polar surface area (TPSA) is 21.3 Å². The summed E-state index contributed by atoms with van der Waals surface area (Å²) in [5, 5.41) is 3.43. The van der Waals surface area contributed by atoms with Gasteiger partial charge in [0.2, 0.25) is 0 Å². The summed E-state index contributed by atoms with van der Waals surface area (Å²) in [6.07, 6.45) is 0.968. The molecule has 0 aliphatic carbocycles. The van der Waals surface area contributed by atoms with Crippen LogP contribution in [-0.2, 0) is 4.74 Å². The van der Waals surface area contributed by atoms with Gasteiger partial charge in [-0.25, -0.2) is 4.39 Å². The van der Waals surface area contributed by atoms with Crippen molar-refractivity contribution in [1.29, 1.82) is 0 Å². The highest BCUT2D eigenvalue weighted by atomic mass is 35.5. The van der Waals surface area contributed by atoms with Gasteiger partial charge >= 0.3 is 0 Å². The maximum Gasteiger partial charge on any atom is 0.142 e. The molecular weight excluding hydrogens is 241 g/mol. The standard InChI is InChI=1S/C13H19ClFNO/c1-3-8-17-9-12(16-4-2)10-6-5-7-11(15)13(10)14/h5-7,12,16H,3-4,8-9H2,1-2H3. The van der Waals surface area contributed by atoms with Crippen LogP contribution in [0.5, 0.6) is 0 Å². The molecule has 0 amide bonds. The first kappa shape index (κ1) is 14.4. The van der Waals surface area contributed by atoms with Crippen molar-refractivity contribution in [2.75, 3.05) is 19.8 Å². The first-order valence-corrected chi connectivity index (χ1v) is 6.33. The van der Waals surface area contributed by atoms with Crippen molar-refractivity contribution in [2.45, 2.75) is 26.3 Å². The van der Waals surface area contributed by atoms with Crippen LogP contribution in [-0.4, -0.2) is 19.8 Å². The van der Waals surface area contributed by atoms with E-state index in [2.05, 4.69) is 12.2 Å². The van der Waals surface area contributed by atoms with E-state index in [0.29, 0.717) is 13.2 Å². The summed E-state index contributed by atoms with van der Waals surface area (Å²) >= 11 is 5.97. The Morgan fingerprint density at radius 1 is 1.41 bits per heavy atom. The summed E-state index contributed by atoms with van der Waals surface area (Å²) in [6.45, 7) is 6.05. The molecule has 1 rings (SSSR count). The van der Waals surface area contributed by atoms with Crippen molar-refractivity contribution < 1.29 is 9.13 Å². The van der Waals surface area contributed by atoms with Gasteiger partial charge in [-0.3, -0.25) is 0 Å². The third-order valence-electron chi connectivity index (χ3n) is 2.44. The van der Waals surface area contributed by atoms with Crippen LogP contribution in [0.3, 0.4) is 0 Å². The first-order valence-electron chi connectivity index (χ1n) is 5.95. The van der Waals surface area contributed by atoms with Crippen molar-refractivity contribution in [3.63, 3.8) is 0 Å². The lowest BCUT2D eigenvalue weighted by Crippen LogP contribution is -2.26. The second kappa shape index (κ2) is 7.64. The predicted molar refractivity (Wildman–Crippen MR) is 68.9 cm³/mol. The lowest BCUT2D eigenvalue weighted by atomic mass is 10.1. The Hall–Kier alpha value is -0.640. The van der Waals surface area contributed by atoms with E-state index in [1.54, 1.807) is 6.07 Å². The molecule has 1 aromatic rings. The van der Waals surface area contributed by atoms with E-state index in [0.717, 1.165) is 18.5 Å². The molecule has 0 saturated heterocycles. The van der Waals surface area contributed by atoms with Gasteiger partial charge in [0.1, 0.15) is 5.82 Å². The van der Waals surface area contributed by atoms with Crippen LogP contribution in [0.25, 0.3) is 0 Å². The minimum Gasteiger partial charge on any atom is -0.379 e. The highest BCUT2D eigenvalue weighted by Gasteiger charge is 2.16. The van der Waals surface area contributed by atoms with Crippen LogP contribution >= 0.6 is 11.6 Å². The number of rotatable bonds is 7. The Balaban J connectivity index is 2.77. The van der Waals surface area contributed by atoms with Crippen molar-refractivity contribution in [3.05, 3.63) is 34.6 Å². The Kier molecular flexibility index (Phi) is 6.48. The molecule has 17 heavy (non-hydrogen) atoms. The van der Waals surface area contributed by atoms with Gasteiger partial charge in [-0.15, -0.1) is 0 Å². The minimum absolute atomic E-state index is 0.0604. The third-order valence-corrected chi connectivity index (χ3v) is 2.84. The molecule has 0 spiro atoms. The van der Waals surface area contributed by atoms with Crippen LogP contribution in [0.1, 0.15) is 31.9 Å². The molecule has 1 atom stereocenters. The van der Waals surface area contributed by atoms with Crippen LogP contribution in [0.4, 0.5) is 4.39 Å². The maximum absolute atomic E-state index is 13.4. The summed E-state index contributed by atoms with van der Waals surface area (Å²) in [7, 11) is 0. The Labute approximate surface area is 107 Å². The average molecular weight is 260 g/mol. The molecule has 1 N–H and O–H groups in total. The van der Waals surface area contributed by atoms with E-state index in [1.807, 2.05) is 13.0 Å². The Morgan fingerprint density at radius 2 is 2.18 bits per heavy atom. The highest BCUT2D eigenvalue weighted by molar-refractivity contribution is 6.31. The predicted octanol–water partition coefficient (Wildman–Crippen LogP) is 3.56. The molecule has 1 aromatic carbocycles. The van der Waals surface area contributed by atoms with Crippen LogP contribution in [0, 0.1) is 5.82 Å². The van der Waals surface area contributed by atoms with Crippen molar-refractivity contribution >= 4 is 11.6 Å². The first-order chi connectivity index (χ1) is 8.20. The molecule has 0 heterocycles. The number of halogens is 2. The van der Waals surface area contributed by atoms with Gasteiger partial charge in [-0.05, 0) is 24.6 Å². The van der Waals surface area contributed by atoms with E-state index in [1.165, 1.54) is 6.07 Å². The van der Waals surface area contributed by atoms with Gasteiger partial charge < -0.3 is 10.1 Å². The lowest BCUT2D eigenvalue weighted by molar-refractivity contribution is 0.112. The molecule has 0 fully saturated rings. The zero-order valence-electron chi connectivity index (χ0n) is 10.3. The fourth-order valence-electron chi connectivity index (χ4n) is 1.64. The highest BCUT2D eigenvalue weighted by Crippen LogP contribution is 2.25. The SMILES string of the molecule is CCCOCC(NCC)c1cccc(F)c1Cl. The van der Waals surface area contributed by atoms with Gasteiger partial charge in [0.25, 0.3) is 0 Å². The molecule has 0 saturated carbocycles. The second-order valence-corrected chi connectivity index (χ2v) is 4.21. The van der Waals surface area contributed by atoms with E-state index < -0.39 is 0 Å². The quantitative estimate of drug-likeness (QED) is 0.756. The fraction of sp³-hybridized carbons (Fsp3) is 0.538. The molecule has 96 valence electrons. The monoisotopic (exact) mass is 259 g/mol. The molecule has 4 heteroatoms. The van der Waals surface area contributed by atoms with Crippen molar-refractivity contribution in [1.82, 2.24) is 5.32 Å². The van der Waals surface area contributed by atoms with Gasteiger partial charge in [0.15, 0.2) is 0 Å². The number of benzene rings is 1. The van der Waals surface area contributed by atoms with Gasteiger partial charge in [-0.2, -0.15) is 0 Å². The summed E-state index contributed by atoms with van der Waals surface area (Å²) < 4.78 is 18.9. The van der Waals surface area contributed by atoms with Crippen LogP contribution in [0.2, 0.25) is 5.02 Å². The second-order valence-electron chi connectivity index (χ2n) is 3.83. The summed E-state index contributed by atoms with van der Waals surface area (Å²) in [4.78, 5) is 0. The van der Waals surface area contributed by atoms with Crippen LogP contribution < -0.4 is 5.32 Å². The molecule has 1 unspecified atom stereocenters. The molecule has 0 aliphatic heterocycles. The van der Waals surface area contributed by atoms with Gasteiger partial charge in [0.05, 0.1) is 17.7 Å². The van der Waals surface area contributed by atoms with Crippen molar-refractivity contribution in [2.24, 2.45) is 0 Å². The lowest BCUT2D eigenvalue weighted by Gasteiger charge is -2.19. The number of hydrogen-bond donors (Lipinski definition) is 1. The zero-order chi connectivity index (χ0) is 12.7. The van der Waals surface area contributed by atoms with E-state index in [9.17, 15) is 4.39 Å². The van der Waals surface area contributed by atoms with Crippen LogP contribution in [0.15, 0.2) is 18.2 Å². The summed E-state index contributed by atoms with van der Waals surface area (Å²) in [5.74, 6) is -0.387. The third kappa shape index (κ3) is 4.26. The van der Waals surface area contributed by atoms with Gasteiger partial charge in [-0.1, -0.05) is 37.6 Å². The summed E-state index contributed by atoms with van der Waals surface area (Å²) in [5.41, 5.74) is 0.754. The van der Waals surface area contributed by atoms with E-state index >= 15 is 0 Å². The van der Waals surface area contributed by atoms with Crippen molar-refractivity contribution in [3.8, 4) is 0 Å². The number of likely N-dealkylation sites (N-methyl/N-ethyl adjacent to an activating group) is 1. The molecule has 0 bridgehead atoms. The molecular formula is C13H19ClFNO. The Morgan fingerprint density at radius 3 is 2.82 bits per heavy atom. The largest absolute Gasteiger partial charge is 0.379 e. The number of ether oxygens (including phenoxy) is 1. The normalized spacial score (nSPS) is 12.7. The average Bonchev–Trinajstić information content (AvgIpc) is 2.32. The molecule has 2 nitrogen and oxygen atoms in total. The van der Waals surface area contributed by atoms with E-state index in [-0.39, 0.29) is 16.9 Å². The number of nitrogens with one attached hydrogen (secondary N) is 1. The van der Waals surface area contributed by atoms with E-state index in [4.69, 9.17) is 16.3 Å². The summed E-state index contributed by atoms with van der Waals surface area (Å²) in [6, 6.07) is 4.80. The zero-order valence-corrected chi connectivity index (χ0v) is 11.1.